The first kappa shape index (κ1) is 22.1. The van der Waals surface area contributed by atoms with Gasteiger partial charge in [-0.15, -0.1) is 0 Å². The van der Waals surface area contributed by atoms with Gasteiger partial charge in [-0.2, -0.15) is 0 Å². The van der Waals surface area contributed by atoms with Crippen LogP contribution in [0, 0.1) is 0 Å². The minimum atomic E-state index is -3.26. The maximum absolute atomic E-state index is 12.7. The van der Waals surface area contributed by atoms with Gasteiger partial charge in [0.15, 0.2) is 9.84 Å². The van der Waals surface area contributed by atoms with Crippen LogP contribution in [0.3, 0.4) is 0 Å². The predicted molar refractivity (Wildman–Crippen MR) is 128 cm³/mol. The van der Waals surface area contributed by atoms with Gasteiger partial charge in [-0.25, -0.2) is 8.42 Å². The molecule has 5 nitrogen and oxygen atoms in total. The lowest BCUT2D eigenvalue weighted by Crippen LogP contribution is -2.46. The van der Waals surface area contributed by atoms with Gasteiger partial charge in [-0.05, 0) is 66.6 Å². The fraction of sp³-hybridized carbons (Fsp3) is 0.375. The standard InChI is InChI=1S/C24H28ClN3O2S/c25-22-6-4-21-19-24(7-5-20(21)18-22)31(29,30)17-3-1-2-12-27-13-15-28(16-14-27)23-8-10-26-11-9-23/h4-11,18-19H,1-3,12-17H2. The molecule has 0 unspecified atom stereocenters. The number of rotatable bonds is 8. The summed E-state index contributed by atoms with van der Waals surface area (Å²) < 4.78 is 25.5. The van der Waals surface area contributed by atoms with Gasteiger partial charge < -0.3 is 4.90 Å². The van der Waals surface area contributed by atoms with E-state index in [1.54, 1.807) is 18.2 Å². The van der Waals surface area contributed by atoms with Gasteiger partial charge in [0, 0.05) is 49.3 Å². The molecule has 0 N–H and O–H groups in total. The molecule has 0 aliphatic carbocycles. The van der Waals surface area contributed by atoms with Gasteiger partial charge in [0.25, 0.3) is 0 Å². The number of aromatic nitrogens is 1. The SMILES string of the molecule is O=S(=O)(CCCCCN1CCN(c2ccncc2)CC1)c1ccc2cc(Cl)ccc2c1. The molecule has 31 heavy (non-hydrogen) atoms. The molecule has 0 atom stereocenters. The summed E-state index contributed by atoms with van der Waals surface area (Å²) in [6, 6.07) is 14.9. The number of nitrogens with zero attached hydrogens (tertiary/aromatic N) is 3. The van der Waals surface area contributed by atoms with Gasteiger partial charge in [0.2, 0.25) is 0 Å². The molecule has 7 heteroatoms. The van der Waals surface area contributed by atoms with Gasteiger partial charge in [-0.3, -0.25) is 9.88 Å². The van der Waals surface area contributed by atoms with E-state index in [9.17, 15) is 8.42 Å². The first-order chi connectivity index (χ1) is 15.0. The normalized spacial score (nSPS) is 15.5. The summed E-state index contributed by atoms with van der Waals surface area (Å²) in [5.41, 5.74) is 1.23. The molecule has 0 amide bonds. The van der Waals surface area contributed by atoms with Crippen molar-refractivity contribution in [3.8, 4) is 0 Å². The van der Waals surface area contributed by atoms with Gasteiger partial charge in [0.05, 0.1) is 10.6 Å². The van der Waals surface area contributed by atoms with Crippen molar-refractivity contribution in [3.63, 3.8) is 0 Å². The van der Waals surface area contributed by atoms with E-state index in [-0.39, 0.29) is 5.75 Å². The summed E-state index contributed by atoms with van der Waals surface area (Å²) in [6.07, 6.45) is 6.32. The zero-order chi connectivity index (χ0) is 21.7. The number of hydrogen-bond acceptors (Lipinski definition) is 5. The first-order valence-electron chi connectivity index (χ1n) is 10.8. The minimum Gasteiger partial charge on any atom is -0.369 e. The Bertz CT molecular complexity index is 1110. The fourth-order valence-electron chi connectivity index (χ4n) is 4.09. The number of anilines is 1. The molecule has 1 fully saturated rings. The van der Waals surface area contributed by atoms with Crippen molar-refractivity contribution in [2.24, 2.45) is 0 Å². The lowest BCUT2D eigenvalue weighted by atomic mass is 10.1. The van der Waals surface area contributed by atoms with E-state index >= 15 is 0 Å². The highest BCUT2D eigenvalue weighted by molar-refractivity contribution is 7.91. The Morgan fingerprint density at radius 2 is 1.55 bits per heavy atom. The average Bonchev–Trinajstić information content (AvgIpc) is 2.79. The largest absolute Gasteiger partial charge is 0.369 e. The zero-order valence-corrected chi connectivity index (χ0v) is 19.2. The van der Waals surface area contributed by atoms with E-state index in [0.29, 0.717) is 16.3 Å². The van der Waals surface area contributed by atoms with Crippen LogP contribution in [0.25, 0.3) is 10.8 Å². The molecule has 1 aromatic heterocycles. The van der Waals surface area contributed by atoms with E-state index in [1.165, 1.54) is 5.69 Å². The second-order valence-corrected chi connectivity index (χ2v) is 10.6. The first-order valence-corrected chi connectivity index (χ1v) is 12.8. The fourth-order valence-corrected chi connectivity index (χ4v) is 5.68. The van der Waals surface area contributed by atoms with Gasteiger partial charge in [0.1, 0.15) is 0 Å². The van der Waals surface area contributed by atoms with Gasteiger partial charge >= 0.3 is 0 Å². The van der Waals surface area contributed by atoms with Gasteiger partial charge in [-0.1, -0.05) is 30.2 Å². The Morgan fingerprint density at radius 1 is 0.839 bits per heavy atom. The van der Waals surface area contributed by atoms with E-state index < -0.39 is 9.84 Å². The van der Waals surface area contributed by atoms with Crippen molar-refractivity contribution in [3.05, 3.63) is 65.9 Å². The Balaban J connectivity index is 1.20. The van der Waals surface area contributed by atoms with E-state index in [0.717, 1.165) is 56.3 Å². The molecule has 3 aromatic rings. The van der Waals surface area contributed by atoms with E-state index in [2.05, 4.69) is 26.9 Å². The van der Waals surface area contributed by atoms with E-state index in [4.69, 9.17) is 11.6 Å². The molecule has 2 heterocycles. The summed E-state index contributed by atoms with van der Waals surface area (Å²) in [6.45, 7) is 5.15. The predicted octanol–water partition coefficient (Wildman–Crippen LogP) is 4.65. The number of benzene rings is 2. The molecule has 1 saturated heterocycles. The Morgan fingerprint density at radius 3 is 2.32 bits per heavy atom. The summed E-state index contributed by atoms with van der Waals surface area (Å²) in [4.78, 5) is 9.34. The van der Waals surface area contributed by atoms with Crippen LogP contribution in [0.2, 0.25) is 5.02 Å². The van der Waals surface area contributed by atoms with Crippen LogP contribution >= 0.6 is 11.6 Å². The molecule has 0 bridgehead atoms. The molecule has 2 aromatic carbocycles. The minimum absolute atomic E-state index is 0.196. The van der Waals surface area contributed by atoms with Crippen molar-refractivity contribution in [2.75, 3.05) is 43.4 Å². The Kier molecular flexibility index (Phi) is 7.10. The van der Waals surface area contributed by atoms with Crippen molar-refractivity contribution in [2.45, 2.75) is 24.2 Å². The van der Waals surface area contributed by atoms with Crippen LogP contribution in [0.4, 0.5) is 5.69 Å². The highest BCUT2D eigenvalue weighted by Crippen LogP contribution is 2.24. The summed E-state index contributed by atoms with van der Waals surface area (Å²) in [5, 5.41) is 2.51. The van der Waals surface area contributed by atoms with Crippen LogP contribution in [0.15, 0.2) is 65.8 Å². The second kappa shape index (κ2) is 9.98. The quantitative estimate of drug-likeness (QED) is 0.460. The van der Waals surface area contributed by atoms with Crippen LogP contribution in [-0.2, 0) is 9.84 Å². The monoisotopic (exact) mass is 457 g/mol. The molecule has 0 saturated carbocycles. The molecule has 4 rings (SSSR count). The number of pyridine rings is 1. The average molecular weight is 458 g/mol. The number of sulfone groups is 1. The molecule has 164 valence electrons. The van der Waals surface area contributed by atoms with E-state index in [1.807, 2.05) is 30.6 Å². The molecule has 1 aliphatic heterocycles. The Labute approximate surface area is 189 Å². The smallest absolute Gasteiger partial charge is 0.178 e. The second-order valence-electron chi connectivity index (χ2n) is 8.07. The molecular weight excluding hydrogens is 430 g/mol. The third-order valence-electron chi connectivity index (χ3n) is 5.92. The number of hydrogen-bond donors (Lipinski definition) is 0. The zero-order valence-electron chi connectivity index (χ0n) is 17.6. The lowest BCUT2D eigenvalue weighted by Gasteiger charge is -2.36. The summed E-state index contributed by atoms with van der Waals surface area (Å²) >= 11 is 6.01. The van der Waals surface area contributed by atoms with Crippen molar-refractivity contribution in [1.29, 1.82) is 0 Å². The number of unbranched alkanes of at least 4 members (excludes halogenated alkanes) is 2. The number of fused-ring (bicyclic) bond motifs is 1. The third-order valence-corrected chi connectivity index (χ3v) is 7.95. The number of piperazine rings is 1. The van der Waals surface area contributed by atoms with Crippen molar-refractivity contribution >= 4 is 37.9 Å². The van der Waals surface area contributed by atoms with Crippen LogP contribution in [0.1, 0.15) is 19.3 Å². The molecule has 0 radical (unpaired) electrons. The maximum atomic E-state index is 12.7. The maximum Gasteiger partial charge on any atom is 0.178 e. The van der Waals surface area contributed by atoms with Crippen LogP contribution in [0.5, 0.6) is 0 Å². The highest BCUT2D eigenvalue weighted by atomic mass is 35.5. The molecule has 0 spiro atoms. The topological polar surface area (TPSA) is 53.5 Å². The summed E-state index contributed by atoms with van der Waals surface area (Å²) in [7, 11) is -3.26. The molecule has 1 aliphatic rings. The van der Waals surface area contributed by atoms with Crippen LogP contribution < -0.4 is 4.90 Å². The Hall–Kier alpha value is -2.15. The summed E-state index contributed by atoms with van der Waals surface area (Å²) in [5.74, 6) is 0.196. The van der Waals surface area contributed by atoms with Crippen LogP contribution in [-0.4, -0.2) is 56.8 Å². The number of halogens is 1. The van der Waals surface area contributed by atoms with Crippen molar-refractivity contribution < 1.29 is 8.42 Å². The third kappa shape index (κ3) is 5.76. The molecular formula is C24H28ClN3O2S. The lowest BCUT2D eigenvalue weighted by molar-refractivity contribution is 0.253. The highest BCUT2D eigenvalue weighted by Gasteiger charge is 2.17. The van der Waals surface area contributed by atoms with Crippen molar-refractivity contribution in [1.82, 2.24) is 9.88 Å².